The molecule has 0 saturated carbocycles. The fourth-order valence-corrected chi connectivity index (χ4v) is 2.74. The smallest absolute Gasteiger partial charge is 0.317 e. The molecule has 26 heavy (non-hydrogen) atoms. The molecule has 1 aromatic carbocycles. The quantitative estimate of drug-likeness (QED) is 0.838. The molecule has 0 bridgehead atoms. The maximum atomic E-state index is 12.2. The Morgan fingerprint density at radius 1 is 1.27 bits per heavy atom. The van der Waals surface area contributed by atoms with E-state index >= 15 is 0 Å². The molecule has 1 N–H and O–H groups in total. The van der Waals surface area contributed by atoms with Crippen molar-refractivity contribution < 1.29 is 19.0 Å². The summed E-state index contributed by atoms with van der Waals surface area (Å²) in [6, 6.07) is 8.84. The van der Waals surface area contributed by atoms with Gasteiger partial charge in [-0.2, -0.15) is 0 Å². The molecule has 2 aromatic rings. The number of halogens is 1. The molecule has 138 valence electrons. The van der Waals surface area contributed by atoms with Crippen molar-refractivity contribution >= 4 is 17.6 Å². The average molecular weight is 378 g/mol. The van der Waals surface area contributed by atoms with E-state index in [9.17, 15) is 4.79 Å². The van der Waals surface area contributed by atoms with Gasteiger partial charge in [0.05, 0.1) is 27.3 Å². The van der Waals surface area contributed by atoms with E-state index in [4.69, 9.17) is 25.8 Å². The number of likely N-dealkylation sites (tertiary alicyclic amines) is 1. The van der Waals surface area contributed by atoms with Gasteiger partial charge in [0.1, 0.15) is 11.1 Å². The second kappa shape index (κ2) is 8.14. The predicted molar refractivity (Wildman–Crippen MR) is 97.0 cm³/mol. The topological polar surface area (TPSA) is 72.9 Å². The Hall–Kier alpha value is -2.67. The van der Waals surface area contributed by atoms with Gasteiger partial charge in [-0.3, -0.25) is 0 Å². The molecule has 0 spiro atoms. The molecular weight excluding hydrogens is 358 g/mol. The monoisotopic (exact) mass is 377 g/mol. The third-order valence-corrected chi connectivity index (χ3v) is 4.32. The van der Waals surface area contributed by atoms with Crippen molar-refractivity contribution in [3.05, 3.63) is 47.1 Å². The molecule has 1 aliphatic heterocycles. The first-order valence-corrected chi connectivity index (χ1v) is 8.49. The van der Waals surface area contributed by atoms with Crippen LogP contribution >= 0.6 is 11.6 Å². The highest BCUT2D eigenvalue weighted by Gasteiger charge is 2.32. The normalized spacial score (nSPS) is 13.7. The van der Waals surface area contributed by atoms with Gasteiger partial charge >= 0.3 is 6.03 Å². The highest BCUT2D eigenvalue weighted by molar-refractivity contribution is 6.31. The SMILES string of the molecule is COc1ccc(CNC(=O)N2CC(Oc3ncccc3Cl)C2)cc1OC. The van der Waals surface area contributed by atoms with Gasteiger partial charge in [-0.15, -0.1) is 0 Å². The van der Waals surface area contributed by atoms with Crippen molar-refractivity contribution in [2.45, 2.75) is 12.6 Å². The maximum absolute atomic E-state index is 12.2. The zero-order chi connectivity index (χ0) is 18.5. The van der Waals surface area contributed by atoms with E-state index in [0.717, 1.165) is 5.56 Å². The predicted octanol–water partition coefficient (Wildman–Crippen LogP) is 2.73. The summed E-state index contributed by atoms with van der Waals surface area (Å²) in [6.07, 6.45) is 1.52. The molecule has 0 aliphatic carbocycles. The second-order valence-corrected chi connectivity index (χ2v) is 6.19. The number of pyridine rings is 1. The van der Waals surface area contributed by atoms with Crippen LogP contribution in [0.1, 0.15) is 5.56 Å². The van der Waals surface area contributed by atoms with Gasteiger partial charge in [0, 0.05) is 12.7 Å². The minimum Gasteiger partial charge on any atom is -0.493 e. The Bertz CT molecular complexity index is 781. The Balaban J connectivity index is 1.46. The molecular formula is C18H20ClN3O4. The summed E-state index contributed by atoms with van der Waals surface area (Å²) in [4.78, 5) is 18.0. The fraction of sp³-hybridized carbons (Fsp3) is 0.333. The molecule has 0 unspecified atom stereocenters. The average Bonchev–Trinajstić information content (AvgIpc) is 2.63. The number of carbonyl (C=O) groups excluding carboxylic acids is 1. The van der Waals surface area contributed by atoms with E-state index in [2.05, 4.69) is 10.3 Å². The van der Waals surface area contributed by atoms with Crippen LogP contribution in [0.15, 0.2) is 36.5 Å². The van der Waals surface area contributed by atoms with Gasteiger partial charge in [-0.25, -0.2) is 9.78 Å². The molecule has 3 rings (SSSR count). The number of aromatic nitrogens is 1. The molecule has 1 fully saturated rings. The Morgan fingerprint density at radius 2 is 2.04 bits per heavy atom. The summed E-state index contributed by atoms with van der Waals surface area (Å²) >= 11 is 6.01. The van der Waals surface area contributed by atoms with Gasteiger partial charge in [0.25, 0.3) is 0 Å². The molecule has 2 heterocycles. The lowest BCUT2D eigenvalue weighted by molar-refractivity contribution is 0.0414. The first kappa shape index (κ1) is 18.1. The van der Waals surface area contributed by atoms with Gasteiger partial charge in [0.2, 0.25) is 5.88 Å². The van der Waals surface area contributed by atoms with Crippen molar-refractivity contribution in [2.75, 3.05) is 27.3 Å². The lowest BCUT2D eigenvalue weighted by atomic mass is 10.1. The molecule has 1 saturated heterocycles. The molecule has 0 atom stereocenters. The summed E-state index contributed by atoms with van der Waals surface area (Å²) in [5.41, 5.74) is 0.921. The third-order valence-electron chi connectivity index (χ3n) is 4.03. The van der Waals surface area contributed by atoms with Gasteiger partial charge < -0.3 is 24.4 Å². The number of urea groups is 1. The van der Waals surface area contributed by atoms with Crippen LogP contribution in [0.5, 0.6) is 17.4 Å². The van der Waals surface area contributed by atoms with Crippen molar-refractivity contribution in [1.82, 2.24) is 15.2 Å². The van der Waals surface area contributed by atoms with E-state index in [-0.39, 0.29) is 12.1 Å². The van der Waals surface area contributed by atoms with E-state index in [0.29, 0.717) is 42.0 Å². The molecule has 7 nitrogen and oxygen atoms in total. The molecule has 8 heteroatoms. The number of amides is 2. The first-order valence-electron chi connectivity index (χ1n) is 8.11. The Morgan fingerprint density at radius 3 is 2.73 bits per heavy atom. The highest BCUT2D eigenvalue weighted by Crippen LogP contribution is 2.27. The fourth-order valence-electron chi connectivity index (χ4n) is 2.57. The van der Waals surface area contributed by atoms with Gasteiger partial charge in [-0.05, 0) is 29.8 Å². The minimum absolute atomic E-state index is 0.103. The summed E-state index contributed by atoms with van der Waals surface area (Å²) < 4.78 is 16.1. The third kappa shape index (κ3) is 4.11. The summed E-state index contributed by atoms with van der Waals surface area (Å²) in [5, 5.41) is 3.34. The number of carbonyl (C=O) groups is 1. The number of nitrogens with one attached hydrogen (secondary N) is 1. The molecule has 2 amide bonds. The second-order valence-electron chi connectivity index (χ2n) is 5.78. The lowest BCUT2D eigenvalue weighted by Gasteiger charge is -2.38. The van der Waals surface area contributed by atoms with E-state index in [1.54, 1.807) is 37.4 Å². The number of nitrogens with zero attached hydrogens (tertiary/aromatic N) is 2. The Kier molecular flexibility index (Phi) is 5.68. The lowest BCUT2D eigenvalue weighted by Crippen LogP contribution is -2.58. The van der Waals surface area contributed by atoms with Crippen LogP contribution in [0.25, 0.3) is 0 Å². The zero-order valence-corrected chi connectivity index (χ0v) is 15.3. The number of hydrogen-bond acceptors (Lipinski definition) is 5. The van der Waals surface area contributed by atoms with Crippen LogP contribution in [-0.2, 0) is 6.54 Å². The molecule has 1 aliphatic rings. The van der Waals surface area contributed by atoms with E-state index in [1.807, 2.05) is 18.2 Å². The first-order chi connectivity index (χ1) is 12.6. The number of methoxy groups -OCH3 is 2. The van der Waals surface area contributed by atoms with Gasteiger partial charge in [0.15, 0.2) is 11.5 Å². The van der Waals surface area contributed by atoms with Crippen LogP contribution in [-0.4, -0.2) is 49.3 Å². The van der Waals surface area contributed by atoms with Crippen LogP contribution in [0.4, 0.5) is 4.79 Å². The summed E-state index contributed by atoms with van der Waals surface area (Å²) in [7, 11) is 3.16. The van der Waals surface area contributed by atoms with Crippen molar-refractivity contribution in [3.8, 4) is 17.4 Å². The highest BCUT2D eigenvalue weighted by atomic mass is 35.5. The van der Waals surface area contributed by atoms with Crippen molar-refractivity contribution in [2.24, 2.45) is 0 Å². The number of rotatable bonds is 6. The largest absolute Gasteiger partial charge is 0.493 e. The van der Waals surface area contributed by atoms with Crippen LogP contribution in [0.3, 0.4) is 0 Å². The van der Waals surface area contributed by atoms with E-state index in [1.165, 1.54) is 0 Å². The maximum Gasteiger partial charge on any atom is 0.317 e. The summed E-state index contributed by atoms with van der Waals surface area (Å²) in [6.45, 7) is 1.38. The minimum atomic E-state index is -0.147. The standard InChI is InChI=1S/C18H20ClN3O4/c1-24-15-6-5-12(8-16(15)25-2)9-21-18(23)22-10-13(11-22)26-17-14(19)4-3-7-20-17/h3-8,13H,9-11H2,1-2H3,(H,21,23). The number of ether oxygens (including phenoxy) is 3. The van der Waals surface area contributed by atoms with Crippen LogP contribution in [0.2, 0.25) is 5.02 Å². The Labute approximate surface area is 156 Å². The van der Waals surface area contributed by atoms with Crippen molar-refractivity contribution in [3.63, 3.8) is 0 Å². The number of benzene rings is 1. The zero-order valence-electron chi connectivity index (χ0n) is 14.6. The van der Waals surface area contributed by atoms with Gasteiger partial charge in [-0.1, -0.05) is 17.7 Å². The van der Waals surface area contributed by atoms with E-state index < -0.39 is 0 Å². The molecule has 1 aromatic heterocycles. The van der Waals surface area contributed by atoms with Crippen LogP contribution < -0.4 is 19.5 Å². The van der Waals surface area contributed by atoms with Crippen molar-refractivity contribution in [1.29, 1.82) is 0 Å². The van der Waals surface area contributed by atoms with Crippen LogP contribution in [0, 0.1) is 0 Å². The number of hydrogen-bond donors (Lipinski definition) is 1. The molecule has 0 radical (unpaired) electrons. The summed E-state index contributed by atoms with van der Waals surface area (Å²) in [5.74, 6) is 1.67.